The van der Waals surface area contributed by atoms with Gasteiger partial charge in [0.05, 0.1) is 5.56 Å². The summed E-state index contributed by atoms with van der Waals surface area (Å²) >= 11 is 0. The van der Waals surface area contributed by atoms with E-state index in [4.69, 9.17) is 18.6 Å². The summed E-state index contributed by atoms with van der Waals surface area (Å²) in [6, 6.07) is 22.1. The third-order valence-electron chi connectivity index (χ3n) is 6.17. The Kier molecular flexibility index (Phi) is 6.88. The second-order valence-corrected chi connectivity index (χ2v) is 8.83. The molecule has 2 atom stereocenters. The highest BCUT2D eigenvalue weighted by atomic mass is 16.5. The zero-order valence-electron chi connectivity index (χ0n) is 19.6. The lowest BCUT2D eigenvalue weighted by Crippen LogP contribution is -2.40. The molecule has 1 aromatic heterocycles. The Morgan fingerprint density at radius 1 is 1.03 bits per heavy atom. The smallest absolute Gasteiger partial charge is 0.336 e. The second-order valence-electron chi connectivity index (χ2n) is 8.83. The number of hydrogen-bond acceptors (Lipinski definition) is 7. The van der Waals surface area contributed by atoms with E-state index in [2.05, 4.69) is 4.98 Å². The number of carbonyl (C=O) groups is 1. The second kappa shape index (κ2) is 10.4. The number of carboxylic acid groups (broad SMARTS) is 1. The van der Waals surface area contributed by atoms with E-state index in [0.29, 0.717) is 41.6 Å². The van der Waals surface area contributed by atoms with Gasteiger partial charge in [0.2, 0.25) is 5.89 Å². The Hall–Kier alpha value is -3.88. The van der Waals surface area contributed by atoms with E-state index < -0.39 is 17.7 Å². The fraction of sp³-hybridized carbons (Fsp3) is 0.286. The van der Waals surface area contributed by atoms with Gasteiger partial charge in [0.15, 0.2) is 11.2 Å². The van der Waals surface area contributed by atoms with Crippen molar-refractivity contribution in [2.75, 3.05) is 19.8 Å². The van der Waals surface area contributed by atoms with Crippen LogP contribution in [0.15, 0.2) is 77.2 Å². The van der Waals surface area contributed by atoms with Crippen molar-refractivity contribution in [3.63, 3.8) is 0 Å². The van der Waals surface area contributed by atoms with Crippen molar-refractivity contribution in [3.8, 4) is 23.0 Å². The first-order chi connectivity index (χ1) is 17.5. The number of aliphatic hydroxyl groups is 1. The lowest BCUT2D eigenvalue weighted by atomic mass is 9.91. The van der Waals surface area contributed by atoms with E-state index in [-0.39, 0.29) is 19.6 Å². The molecule has 1 saturated heterocycles. The Morgan fingerprint density at radius 2 is 1.83 bits per heavy atom. The van der Waals surface area contributed by atoms with Crippen molar-refractivity contribution < 1.29 is 33.6 Å². The molecule has 4 aromatic rings. The summed E-state index contributed by atoms with van der Waals surface area (Å²) in [5.74, 6) is 0.578. The largest absolute Gasteiger partial charge is 0.491 e. The minimum absolute atomic E-state index is 0.00684. The van der Waals surface area contributed by atoms with Crippen molar-refractivity contribution in [1.29, 1.82) is 0 Å². The average Bonchev–Trinajstić information content (AvgIpc) is 3.55. The van der Waals surface area contributed by atoms with Gasteiger partial charge in [0.25, 0.3) is 0 Å². The minimum atomic E-state index is -1.19. The highest BCUT2D eigenvalue weighted by molar-refractivity contribution is 5.78. The highest BCUT2D eigenvalue weighted by Gasteiger charge is 2.42. The lowest BCUT2D eigenvalue weighted by Gasteiger charge is -2.23. The topological polar surface area (TPSA) is 111 Å². The Bertz CT molecular complexity index is 1310. The number of ether oxygens (including phenoxy) is 3. The molecule has 1 aliphatic rings. The molecule has 0 saturated carbocycles. The molecule has 36 heavy (non-hydrogen) atoms. The molecule has 0 amide bonds. The summed E-state index contributed by atoms with van der Waals surface area (Å²) in [4.78, 5) is 16.3. The monoisotopic (exact) mass is 489 g/mol. The van der Waals surface area contributed by atoms with Crippen LogP contribution < -0.4 is 9.47 Å². The Labute approximate surface area is 208 Å². The minimum Gasteiger partial charge on any atom is -0.491 e. The van der Waals surface area contributed by atoms with E-state index in [1.54, 1.807) is 24.3 Å². The number of aliphatic carboxylic acids is 1. The van der Waals surface area contributed by atoms with E-state index in [9.17, 15) is 15.0 Å². The van der Waals surface area contributed by atoms with Gasteiger partial charge in [-0.05, 0) is 54.8 Å². The first-order valence-corrected chi connectivity index (χ1v) is 11.9. The molecule has 0 radical (unpaired) electrons. The van der Waals surface area contributed by atoms with E-state index >= 15 is 0 Å². The van der Waals surface area contributed by atoms with Crippen LogP contribution in [0.25, 0.3) is 22.6 Å². The van der Waals surface area contributed by atoms with Crippen LogP contribution in [0.1, 0.15) is 18.4 Å². The number of rotatable bonds is 10. The zero-order chi connectivity index (χ0) is 25.0. The molecule has 186 valence electrons. The van der Waals surface area contributed by atoms with Gasteiger partial charge in [-0.1, -0.05) is 36.4 Å². The molecule has 0 aliphatic carbocycles. The number of para-hydroxylation sites is 3. The predicted octanol–water partition coefficient (Wildman–Crippen LogP) is 4.49. The number of fused-ring (bicyclic) bond motifs is 1. The van der Waals surface area contributed by atoms with Crippen LogP contribution in [0.4, 0.5) is 0 Å². The summed E-state index contributed by atoms with van der Waals surface area (Å²) in [6.45, 7) is 0.464. The zero-order valence-corrected chi connectivity index (χ0v) is 19.6. The maximum Gasteiger partial charge on any atom is 0.336 e. The van der Waals surface area contributed by atoms with Crippen molar-refractivity contribution in [3.05, 3.63) is 78.4 Å². The lowest BCUT2D eigenvalue weighted by molar-refractivity contribution is -0.159. The number of nitrogens with zero attached hydrogens (tertiary/aromatic N) is 1. The summed E-state index contributed by atoms with van der Waals surface area (Å²) in [5.41, 5.74) is 1.75. The number of oxazole rings is 1. The van der Waals surface area contributed by atoms with Crippen LogP contribution >= 0.6 is 0 Å². The molecule has 5 rings (SSSR count). The summed E-state index contributed by atoms with van der Waals surface area (Å²) in [6.07, 6.45) is 0.574. The van der Waals surface area contributed by atoms with Gasteiger partial charge >= 0.3 is 5.97 Å². The van der Waals surface area contributed by atoms with Crippen molar-refractivity contribution in [1.82, 2.24) is 4.98 Å². The van der Waals surface area contributed by atoms with E-state index in [1.165, 1.54) is 0 Å². The molecule has 1 aliphatic heterocycles. The van der Waals surface area contributed by atoms with Gasteiger partial charge < -0.3 is 28.8 Å². The van der Waals surface area contributed by atoms with Crippen LogP contribution in [0, 0.1) is 0 Å². The molecule has 2 unspecified atom stereocenters. The molecular formula is C28H27NO7. The van der Waals surface area contributed by atoms with Crippen LogP contribution in [-0.4, -0.2) is 52.7 Å². The van der Waals surface area contributed by atoms with Crippen LogP contribution in [-0.2, 0) is 16.0 Å². The molecule has 8 nitrogen and oxygen atoms in total. The first-order valence-electron chi connectivity index (χ1n) is 11.9. The first kappa shape index (κ1) is 23.8. The van der Waals surface area contributed by atoms with Crippen LogP contribution in [0.2, 0.25) is 0 Å². The van der Waals surface area contributed by atoms with Gasteiger partial charge in [-0.3, -0.25) is 0 Å². The number of hydrogen-bond donors (Lipinski definition) is 2. The van der Waals surface area contributed by atoms with Gasteiger partial charge in [0, 0.05) is 13.0 Å². The average molecular weight is 490 g/mol. The van der Waals surface area contributed by atoms with Crippen molar-refractivity contribution >= 4 is 17.1 Å². The van der Waals surface area contributed by atoms with Crippen molar-refractivity contribution in [2.45, 2.75) is 31.0 Å². The SMILES string of the molecule is O=C(O)C1(Cc2cccc(OCC(O)COc3ccccc3-c3nc4ccccc4o3)c2)CCCO1. The molecule has 8 heteroatoms. The number of aliphatic hydroxyl groups excluding tert-OH is 1. The molecule has 0 bridgehead atoms. The maximum atomic E-state index is 11.8. The van der Waals surface area contributed by atoms with E-state index in [1.807, 2.05) is 48.5 Å². The third kappa shape index (κ3) is 5.19. The van der Waals surface area contributed by atoms with Gasteiger partial charge in [-0.2, -0.15) is 0 Å². The molecule has 2 heterocycles. The highest BCUT2D eigenvalue weighted by Crippen LogP contribution is 2.32. The van der Waals surface area contributed by atoms with Crippen LogP contribution in [0.3, 0.4) is 0 Å². The van der Waals surface area contributed by atoms with Gasteiger partial charge in [-0.25, -0.2) is 9.78 Å². The summed E-state index contributed by atoms with van der Waals surface area (Å²) in [5, 5.41) is 20.1. The molecule has 2 N–H and O–H groups in total. The quantitative estimate of drug-likeness (QED) is 0.335. The third-order valence-corrected chi connectivity index (χ3v) is 6.17. The molecule has 1 fully saturated rings. The summed E-state index contributed by atoms with van der Waals surface area (Å²) < 4.78 is 23.1. The van der Waals surface area contributed by atoms with Gasteiger partial charge in [-0.15, -0.1) is 0 Å². The molecule has 3 aromatic carbocycles. The fourth-order valence-electron chi connectivity index (χ4n) is 4.34. The molecule has 0 spiro atoms. The Morgan fingerprint density at radius 3 is 2.64 bits per heavy atom. The predicted molar refractivity (Wildman–Crippen MR) is 132 cm³/mol. The number of aromatic nitrogens is 1. The normalized spacial score (nSPS) is 18.2. The van der Waals surface area contributed by atoms with Gasteiger partial charge in [0.1, 0.15) is 36.3 Å². The fourth-order valence-corrected chi connectivity index (χ4v) is 4.34. The van der Waals surface area contributed by atoms with Crippen LogP contribution in [0.5, 0.6) is 11.5 Å². The number of carboxylic acids is 1. The van der Waals surface area contributed by atoms with Crippen molar-refractivity contribution in [2.24, 2.45) is 0 Å². The number of benzene rings is 3. The Balaban J connectivity index is 1.19. The summed E-state index contributed by atoms with van der Waals surface area (Å²) in [7, 11) is 0. The van der Waals surface area contributed by atoms with E-state index in [0.717, 1.165) is 17.5 Å². The molecular weight excluding hydrogens is 462 g/mol. The maximum absolute atomic E-state index is 11.8. The standard InChI is InChI=1S/C28H27NO7/c30-20(17-33-21-8-5-7-19(15-21)16-28(27(31)32)13-6-14-35-28)18-34-24-11-3-1-9-22(24)26-29-23-10-2-4-12-25(23)36-26/h1-5,7-12,15,20,30H,6,13-14,16-18H2,(H,31,32).